The van der Waals surface area contributed by atoms with Crippen molar-refractivity contribution in [1.29, 1.82) is 0 Å². The minimum Gasteiger partial charge on any atom is -0.618 e. The summed E-state index contributed by atoms with van der Waals surface area (Å²) < 4.78 is 5.96. The summed E-state index contributed by atoms with van der Waals surface area (Å²) in [5, 5.41) is 11.5. The lowest BCUT2D eigenvalue weighted by Crippen LogP contribution is -2.34. The number of ether oxygens (including phenoxy) is 1. The fourth-order valence-electron chi connectivity index (χ4n) is 1.40. The number of methoxy groups -OCH3 is 1. The second-order valence-corrected chi connectivity index (χ2v) is 3.40. The molecule has 0 saturated carbocycles. The van der Waals surface area contributed by atoms with Crippen LogP contribution in [0.5, 0.6) is 0 Å². The summed E-state index contributed by atoms with van der Waals surface area (Å²) in [5.74, 6) is 0. The quantitative estimate of drug-likeness (QED) is 0.406. The van der Waals surface area contributed by atoms with Gasteiger partial charge in [-0.15, -0.1) is 0 Å². The van der Waals surface area contributed by atoms with Crippen molar-refractivity contribution in [2.45, 2.75) is 26.2 Å². The third kappa shape index (κ3) is 3.00. The number of hydrogen-bond acceptors (Lipinski definition) is 2. The maximum atomic E-state index is 11.5. The molecular weight excluding hydrogens is 178 g/mol. The van der Waals surface area contributed by atoms with Gasteiger partial charge in [-0.3, -0.25) is 0 Å². The molecule has 0 amide bonds. The second-order valence-electron chi connectivity index (χ2n) is 3.40. The van der Waals surface area contributed by atoms with E-state index in [0.717, 1.165) is 42.0 Å². The van der Waals surface area contributed by atoms with E-state index < -0.39 is 0 Å². The summed E-state index contributed by atoms with van der Waals surface area (Å²) in [6.07, 6.45) is 2.83. The van der Waals surface area contributed by atoms with Crippen molar-refractivity contribution in [3.63, 3.8) is 0 Å². The zero-order valence-electron chi connectivity index (χ0n) is 8.82. The number of aryl methyl sites for hydroxylation is 2. The van der Waals surface area contributed by atoms with Gasteiger partial charge < -0.3 is 9.94 Å². The summed E-state index contributed by atoms with van der Waals surface area (Å²) in [6.45, 7) is 2.59. The van der Waals surface area contributed by atoms with Crippen molar-refractivity contribution >= 4 is 0 Å². The smallest absolute Gasteiger partial charge is 0.193 e. The molecule has 14 heavy (non-hydrogen) atoms. The summed E-state index contributed by atoms with van der Waals surface area (Å²) in [7, 11) is 1.69. The molecule has 1 aromatic rings. The molecule has 0 N–H and O–H groups in total. The van der Waals surface area contributed by atoms with Crippen LogP contribution in [0, 0.1) is 12.1 Å². The van der Waals surface area contributed by atoms with Gasteiger partial charge in [-0.2, -0.15) is 4.73 Å². The number of hydrogen-bond donors (Lipinski definition) is 0. The molecule has 0 atom stereocenters. The highest BCUT2D eigenvalue weighted by Crippen LogP contribution is 2.01. The molecule has 1 heterocycles. The van der Waals surface area contributed by atoms with Crippen molar-refractivity contribution in [2.75, 3.05) is 13.7 Å². The molecule has 1 aromatic heterocycles. The first-order valence-electron chi connectivity index (χ1n) is 4.92. The van der Waals surface area contributed by atoms with Crippen LogP contribution in [0.1, 0.15) is 24.2 Å². The molecule has 0 aliphatic carbocycles. The number of aromatic nitrogens is 1. The standard InChI is InChI=1S/C11H17NO2/c1-10-6-5-8-11(12(10)13)7-3-4-9-14-2/h5-6,8H,3-4,7,9H2,1-2H3. The Morgan fingerprint density at radius 3 is 2.86 bits per heavy atom. The summed E-state index contributed by atoms with van der Waals surface area (Å²) in [6, 6.07) is 5.63. The molecule has 1 rings (SSSR count). The lowest BCUT2D eigenvalue weighted by atomic mass is 10.2. The number of pyridine rings is 1. The lowest BCUT2D eigenvalue weighted by molar-refractivity contribution is -0.620. The molecule has 3 heteroatoms. The van der Waals surface area contributed by atoms with Crippen LogP contribution in [-0.4, -0.2) is 13.7 Å². The van der Waals surface area contributed by atoms with Crippen molar-refractivity contribution < 1.29 is 9.47 Å². The predicted octanol–water partition coefficient (Wildman–Crippen LogP) is 1.60. The predicted molar refractivity (Wildman–Crippen MR) is 55.0 cm³/mol. The number of nitrogens with zero attached hydrogens (tertiary/aromatic N) is 1. The Labute approximate surface area is 84.9 Å². The summed E-state index contributed by atoms with van der Waals surface area (Å²) in [5.41, 5.74) is 1.61. The SMILES string of the molecule is COCCCCc1cccc(C)[n+]1[O-]. The average Bonchev–Trinajstić information content (AvgIpc) is 2.19. The zero-order valence-corrected chi connectivity index (χ0v) is 8.82. The first-order chi connectivity index (χ1) is 6.75. The van der Waals surface area contributed by atoms with Gasteiger partial charge in [0.15, 0.2) is 11.4 Å². The highest BCUT2D eigenvalue weighted by molar-refractivity contribution is 5.03. The molecule has 0 aliphatic heterocycles. The Balaban J connectivity index is 2.46. The highest BCUT2D eigenvalue weighted by atomic mass is 16.5. The Bertz CT molecular complexity index is 287. The lowest BCUT2D eigenvalue weighted by Gasteiger charge is -2.06. The van der Waals surface area contributed by atoms with Gasteiger partial charge in [-0.1, -0.05) is 0 Å². The normalized spacial score (nSPS) is 10.4. The summed E-state index contributed by atoms with van der Waals surface area (Å²) >= 11 is 0. The fourth-order valence-corrected chi connectivity index (χ4v) is 1.40. The first-order valence-corrected chi connectivity index (χ1v) is 4.92. The van der Waals surface area contributed by atoms with Gasteiger partial charge in [-0.05, 0) is 18.9 Å². The molecule has 0 bridgehead atoms. The Kier molecular flexibility index (Phi) is 4.40. The van der Waals surface area contributed by atoms with E-state index in [1.165, 1.54) is 0 Å². The number of rotatable bonds is 5. The minimum atomic E-state index is 0.759. The third-order valence-corrected chi connectivity index (χ3v) is 2.24. The molecule has 0 aliphatic rings. The van der Waals surface area contributed by atoms with Gasteiger partial charge in [0.05, 0.1) is 0 Å². The minimum absolute atomic E-state index is 0.759. The van der Waals surface area contributed by atoms with Crippen molar-refractivity contribution in [1.82, 2.24) is 0 Å². The van der Waals surface area contributed by atoms with Crippen molar-refractivity contribution in [2.24, 2.45) is 0 Å². The van der Waals surface area contributed by atoms with Gasteiger partial charge >= 0.3 is 0 Å². The molecule has 0 saturated heterocycles. The van der Waals surface area contributed by atoms with Gasteiger partial charge in [0.2, 0.25) is 0 Å². The fraction of sp³-hybridized carbons (Fsp3) is 0.545. The van der Waals surface area contributed by atoms with E-state index in [1.807, 2.05) is 25.1 Å². The summed E-state index contributed by atoms with van der Waals surface area (Å²) in [4.78, 5) is 0. The van der Waals surface area contributed by atoms with E-state index in [2.05, 4.69) is 0 Å². The van der Waals surface area contributed by atoms with Crippen molar-refractivity contribution in [3.05, 3.63) is 34.8 Å². The van der Waals surface area contributed by atoms with Crippen LogP contribution in [-0.2, 0) is 11.2 Å². The molecule has 0 fully saturated rings. The van der Waals surface area contributed by atoms with Crippen LogP contribution < -0.4 is 4.73 Å². The first kappa shape index (κ1) is 11.0. The van der Waals surface area contributed by atoms with E-state index in [1.54, 1.807) is 7.11 Å². The molecule has 0 radical (unpaired) electrons. The van der Waals surface area contributed by atoms with E-state index >= 15 is 0 Å². The van der Waals surface area contributed by atoms with E-state index in [-0.39, 0.29) is 0 Å². The molecule has 3 nitrogen and oxygen atoms in total. The van der Waals surface area contributed by atoms with Gasteiger partial charge in [0.25, 0.3) is 0 Å². The van der Waals surface area contributed by atoms with Crippen molar-refractivity contribution in [3.8, 4) is 0 Å². The van der Waals surface area contributed by atoms with E-state index in [0.29, 0.717) is 0 Å². The van der Waals surface area contributed by atoms with Crippen LogP contribution in [0.4, 0.5) is 0 Å². The Hall–Kier alpha value is -1.09. The molecule has 78 valence electrons. The van der Waals surface area contributed by atoms with Crippen LogP contribution in [0.25, 0.3) is 0 Å². The average molecular weight is 195 g/mol. The van der Waals surface area contributed by atoms with Crippen LogP contribution in [0.3, 0.4) is 0 Å². The molecule has 0 aromatic carbocycles. The van der Waals surface area contributed by atoms with Crippen LogP contribution >= 0.6 is 0 Å². The second kappa shape index (κ2) is 5.60. The largest absolute Gasteiger partial charge is 0.618 e. The molecular formula is C11H17NO2. The van der Waals surface area contributed by atoms with Crippen LogP contribution in [0.15, 0.2) is 18.2 Å². The van der Waals surface area contributed by atoms with Gasteiger partial charge in [0, 0.05) is 39.2 Å². The van der Waals surface area contributed by atoms with E-state index in [9.17, 15) is 5.21 Å². The monoisotopic (exact) mass is 195 g/mol. The molecule has 0 spiro atoms. The van der Waals surface area contributed by atoms with Gasteiger partial charge in [-0.25, -0.2) is 0 Å². The third-order valence-electron chi connectivity index (χ3n) is 2.24. The maximum Gasteiger partial charge on any atom is 0.193 e. The van der Waals surface area contributed by atoms with E-state index in [4.69, 9.17) is 4.74 Å². The van der Waals surface area contributed by atoms with Gasteiger partial charge in [0.1, 0.15) is 0 Å². The zero-order chi connectivity index (χ0) is 10.4. The maximum absolute atomic E-state index is 11.5. The van der Waals surface area contributed by atoms with Crippen LogP contribution in [0.2, 0.25) is 0 Å². The topological polar surface area (TPSA) is 36.2 Å². The molecule has 0 unspecified atom stereocenters. The Morgan fingerprint density at radius 2 is 2.14 bits per heavy atom. The highest BCUT2D eigenvalue weighted by Gasteiger charge is 2.05. The Morgan fingerprint density at radius 1 is 1.36 bits per heavy atom. The number of unbranched alkanes of at least 4 members (excludes halogenated alkanes) is 1.